The van der Waals surface area contributed by atoms with Gasteiger partial charge in [0.15, 0.2) is 0 Å². The lowest BCUT2D eigenvalue weighted by Gasteiger charge is -2.35. The molecule has 2 aliphatic heterocycles. The second-order valence-electron chi connectivity index (χ2n) is 4.38. The second kappa shape index (κ2) is 5.57. The van der Waals surface area contributed by atoms with Gasteiger partial charge in [0.05, 0.1) is 0 Å². The molecule has 0 spiro atoms. The van der Waals surface area contributed by atoms with Crippen molar-refractivity contribution >= 4 is 24.1 Å². The minimum Gasteiger partial charge on any atom is -0.342 e. The number of hydrogen-bond donors (Lipinski definition) is 0. The van der Waals surface area contributed by atoms with Crippen LogP contribution in [0, 0.1) is 5.92 Å². The van der Waals surface area contributed by atoms with Gasteiger partial charge in [-0.1, -0.05) is 0 Å². The van der Waals surface area contributed by atoms with Gasteiger partial charge in [0.2, 0.25) is 12.3 Å². The molecule has 4 nitrogen and oxygen atoms in total. The zero-order chi connectivity index (χ0) is 11.4. The molecule has 0 bridgehead atoms. The number of hydrogen-bond acceptors (Lipinski definition) is 3. The Morgan fingerprint density at radius 3 is 2.56 bits per heavy atom. The SMILES string of the molecule is O=CN1CCN(C(=O)C2CCCSC2)CC1. The number of thioether (sulfide) groups is 1. The summed E-state index contributed by atoms with van der Waals surface area (Å²) >= 11 is 1.89. The quantitative estimate of drug-likeness (QED) is 0.659. The topological polar surface area (TPSA) is 40.6 Å². The van der Waals surface area contributed by atoms with E-state index in [2.05, 4.69) is 0 Å². The third-order valence-electron chi connectivity index (χ3n) is 3.28. The van der Waals surface area contributed by atoms with Crippen LogP contribution in [-0.4, -0.2) is 59.8 Å². The van der Waals surface area contributed by atoms with Crippen molar-refractivity contribution in [2.24, 2.45) is 5.92 Å². The Morgan fingerprint density at radius 1 is 1.25 bits per heavy atom. The summed E-state index contributed by atoms with van der Waals surface area (Å²) in [6.07, 6.45) is 3.08. The van der Waals surface area contributed by atoms with Crippen LogP contribution in [0.5, 0.6) is 0 Å². The Balaban J connectivity index is 1.83. The number of piperazine rings is 1. The zero-order valence-corrected chi connectivity index (χ0v) is 10.2. The first-order valence-corrected chi connectivity index (χ1v) is 7.02. The highest BCUT2D eigenvalue weighted by molar-refractivity contribution is 7.99. The van der Waals surface area contributed by atoms with Gasteiger partial charge in [-0.05, 0) is 18.6 Å². The molecule has 0 aliphatic carbocycles. The van der Waals surface area contributed by atoms with Crippen molar-refractivity contribution in [2.45, 2.75) is 12.8 Å². The Kier molecular flexibility index (Phi) is 4.09. The van der Waals surface area contributed by atoms with E-state index in [1.807, 2.05) is 16.7 Å². The van der Waals surface area contributed by atoms with Gasteiger partial charge in [0, 0.05) is 37.8 Å². The molecular weight excluding hydrogens is 224 g/mol. The molecule has 0 saturated carbocycles. The minimum atomic E-state index is 0.224. The predicted octanol–water partition coefficient (Wildman–Crippen LogP) is 0.430. The summed E-state index contributed by atoms with van der Waals surface area (Å²) in [4.78, 5) is 26.4. The Bertz CT molecular complexity index is 259. The minimum absolute atomic E-state index is 0.224. The average molecular weight is 242 g/mol. The average Bonchev–Trinajstić information content (AvgIpc) is 2.39. The fraction of sp³-hybridized carbons (Fsp3) is 0.818. The molecule has 0 N–H and O–H groups in total. The van der Waals surface area contributed by atoms with Crippen LogP contribution in [0.3, 0.4) is 0 Å². The van der Waals surface area contributed by atoms with Gasteiger partial charge in [-0.15, -0.1) is 0 Å². The van der Waals surface area contributed by atoms with Gasteiger partial charge in [-0.3, -0.25) is 9.59 Å². The van der Waals surface area contributed by atoms with Gasteiger partial charge in [-0.2, -0.15) is 11.8 Å². The molecule has 1 unspecified atom stereocenters. The molecule has 16 heavy (non-hydrogen) atoms. The van der Waals surface area contributed by atoms with E-state index in [4.69, 9.17) is 0 Å². The van der Waals surface area contributed by atoms with E-state index in [1.165, 1.54) is 5.75 Å². The molecular formula is C11H18N2O2S. The summed E-state index contributed by atoms with van der Waals surface area (Å²) in [6.45, 7) is 2.79. The molecule has 0 aromatic rings. The first-order valence-electron chi connectivity index (χ1n) is 5.87. The van der Waals surface area contributed by atoms with Crippen molar-refractivity contribution in [3.63, 3.8) is 0 Å². The number of nitrogens with zero attached hydrogens (tertiary/aromatic N) is 2. The lowest BCUT2D eigenvalue weighted by Crippen LogP contribution is -2.50. The molecule has 2 saturated heterocycles. The normalized spacial score (nSPS) is 26.6. The number of carbonyl (C=O) groups is 2. The molecule has 2 rings (SSSR count). The Labute approximate surface area is 100 Å². The van der Waals surface area contributed by atoms with E-state index < -0.39 is 0 Å². The standard InChI is InChI=1S/C11H18N2O2S/c14-9-12-3-5-13(6-4-12)11(15)10-2-1-7-16-8-10/h9-10H,1-8H2. The number of amides is 2. The summed E-state index contributed by atoms with van der Waals surface area (Å²) in [7, 11) is 0. The second-order valence-corrected chi connectivity index (χ2v) is 5.53. The molecule has 0 radical (unpaired) electrons. The van der Waals surface area contributed by atoms with Gasteiger partial charge in [0.25, 0.3) is 0 Å². The first-order chi connectivity index (χ1) is 7.81. The van der Waals surface area contributed by atoms with E-state index in [-0.39, 0.29) is 5.92 Å². The smallest absolute Gasteiger partial charge is 0.226 e. The molecule has 2 amide bonds. The summed E-state index contributed by atoms with van der Waals surface area (Å²) in [5, 5.41) is 0. The van der Waals surface area contributed by atoms with Crippen LogP contribution in [-0.2, 0) is 9.59 Å². The van der Waals surface area contributed by atoms with E-state index >= 15 is 0 Å². The van der Waals surface area contributed by atoms with Crippen LogP contribution in [0.15, 0.2) is 0 Å². The van der Waals surface area contributed by atoms with E-state index in [9.17, 15) is 9.59 Å². The number of carbonyl (C=O) groups excluding carboxylic acids is 2. The lowest BCUT2D eigenvalue weighted by atomic mass is 10.0. The van der Waals surface area contributed by atoms with Crippen molar-refractivity contribution in [1.29, 1.82) is 0 Å². The highest BCUT2D eigenvalue weighted by atomic mass is 32.2. The maximum absolute atomic E-state index is 12.2. The summed E-state index contributed by atoms with van der Waals surface area (Å²) in [5.74, 6) is 2.70. The van der Waals surface area contributed by atoms with Crippen molar-refractivity contribution in [1.82, 2.24) is 9.80 Å². The maximum atomic E-state index is 12.2. The van der Waals surface area contributed by atoms with Crippen LogP contribution < -0.4 is 0 Å². The van der Waals surface area contributed by atoms with Gasteiger partial charge in [-0.25, -0.2) is 0 Å². The van der Waals surface area contributed by atoms with Crippen molar-refractivity contribution < 1.29 is 9.59 Å². The van der Waals surface area contributed by atoms with Gasteiger partial charge < -0.3 is 9.80 Å². The molecule has 0 aromatic heterocycles. The third kappa shape index (κ3) is 2.70. The largest absolute Gasteiger partial charge is 0.342 e. The fourth-order valence-electron chi connectivity index (χ4n) is 2.24. The molecule has 2 heterocycles. The zero-order valence-electron chi connectivity index (χ0n) is 9.43. The highest BCUT2D eigenvalue weighted by Crippen LogP contribution is 2.24. The summed E-state index contributed by atoms with van der Waals surface area (Å²) in [5.41, 5.74) is 0. The highest BCUT2D eigenvalue weighted by Gasteiger charge is 2.28. The third-order valence-corrected chi connectivity index (χ3v) is 4.50. The van der Waals surface area contributed by atoms with Crippen LogP contribution in [0.4, 0.5) is 0 Å². The van der Waals surface area contributed by atoms with Gasteiger partial charge >= 0.3 is 0 Å². The number of rotatable bonds is 2. The molecule has 2 aliphatic rings. The first kappa shape index (κ1) is 11.8. The Hall–Kier alpha value is -0.710. The molecule has 5 heteroatoms. The van der Waals surface area contributed by atoms with Crippen LogP contribution >= 0.6 is 11.8 Å². The van der Waals surface area contributed by atoms with Crippen molar-refractivity contribution in [2.75, 3.05) is 37.7 Å². The fourth-order valence-corrected chi connectivity index (χ4v) is 3.37. The van der Waals surface area contributed by atoms with E-state index in [1.54, 1.807) is 4.90 Å². The lowest BCUT2D eigenvalue weighted by molar-refractivity contribution is -0.138. The predicted molar refractivity (Wildman–Crippen MR) is 64.3 cm³/mol. The van der Waals surface area contributed by atoms with Crippen LogP contribution in [0.25, 0.3) is 0 Å². The summed E-state index contributed by atoms with van der Waals surface area (Å²) in [6, 6.07) is 0. The van der Waals surface area contributed by atoms with Crippen molar-refractivity contribution in [3.8, 4) is 0 Å². The van der Waals surface area contributed by atoms with Gasteiger partial charge in [0.1, 0.15) is 0 Å². The van der Waals surface area contributed by atoms with E-state index in [0.717, 1.165) is 25.0 Å². The molecule has 2 fully saturated rings. The van der Waals surface area contributed by atoms with Crippen LogP contribution in [0.2, 0.25) is 0 Å². The van der Waals surface area contributed by atoms with Crippen molar-refractivity contribution in [3.05, 3.63) is 0 Å². The Morgan fingerprint density at radius 2 is 2.00 bits per heavy atom. The maximum Gasteiger partial charge on any atom is 0.226 e. The van der Waals surface area contributed by atoms with Crippen LogP contribution in [0.1, 0.15) is 12.8 Å². The molecule has 90 valence electrons. The van der Waals surface area contributed by atoms with E-state index in [0.29, 0.717) is 32.1 Å². The molecule has 1 atom stereocenters. The monoisotopic (exact) mass is 242 g/mol. The molecule has 0 aromatic carbocycles. The summed E-state index contributed by atoms with van der Waals surface area (Å²) < 4.78 is 0.